The number of nitrogens with zero attached hydrogens (tertiary/aromatic N) is 3. The van der Waals surface area contributed by atoms with Gasteiger partial charge in [0.05, 0.1) is 31.1 Å². The molecular weight excluding hydrogens is 392 g/mol. The van der Waals surface area contributed by atoms with Crippen LogP contribution in [0.2, 0.25) is 0 Å². The van der Waals surface area contributed by atoms with Gasteiger partial charge in [0.1, 0.15) is 0 Å². The number of hydrogen-bond acceptors (Lipinski definition) is 8. The minimum absolute atomic E-state index is 0.217. The van der Waals surface area contributed by atoms with Gasteiger partial charge in [-0.2, -0.15) is 5.26 Å². The standard InChI is InChI=1S/C20H18N4O4S/c1-12(18(25)22-15-7-4-13(11-21)5-8-15)29-20-24-23-19(28-20)14-6-9-16(26-2)17(10-14)27-3/h4-10,12H,1-3H3,(H,22,25)/t12-/m0/s1. The van der Waals surface area contributed by atoms with E-state index >= 15 is 0 Å². The van der Waals surface area contributed by atoms with E-state index in [0.717, 1.165) is 11.8 Å². The lowest BCUT2D eigenvalue weighted by atomic mass is 10.2. The Morgan fingerprint density at radius 3 is 2.52 bits per heavy atom. The van der Waals surface area contributed by atoms with Gasteiger partial charge < -0.3 is 19.2 Å². The van der Waals surface area contributed by atoms with Crippen molar-refractivity contribution in [2.24, 2.45) is 0 Å². The van der Waals surface area contributed by atoms with Crippen molar-refractivity contribution in [3.8, 4) is 29.0 Å². The number of ether oxygens (including phenoxy) is 2. The van der Waals surface area contributed by atoms with Gasteiger partial charge >= 0.3 is 0 Å². The zero-order valence-electron chi connectivity index (χ0n) is 16.0. The number of hydrogen-bond donors (Lipinski definition) is 1. The van der Waals surface area contributed by atoms with E-state index in [1.807, 2.05) is 6.07 Å². The van der Waals surface area contributed by atoms with Crippen LogP contribution in [0.5, 0.6) is 11.5 Å². The molecule has 1 heterocycles. The highest BCUT2D eigenvalue weighted by Gasteiger charge is 2.19. The molecule has 0 spiro atoms. The number of benzene rings is 2. The number of aromatic nitrogens is 2. The predicted molar refractivity (Wildman–Crippen MR) is 108 cm³/mol. The van der Waals surface area contributed by atoms with E-state index in [0.29, 0.717) is 34.2 Å². The van der Waals surface area contributed by atoms with Crippen LogP contribution in [-0.2, 0) is 4.79 Å². The number of nitriles is 1. The van der Waals surface area contributed by atoms with Crippen molar-refractivity contribution in [1.29, 1.82) is 5.26 Å². The molecule has 0 bridgehead atoms. The molecule has 0 radical (unpaired) electrons. The Kier molecular flexibility index (Phi) is 6.36. The van der Waals surface area contributed by atoms with E-state index in [-0.39, 0.29) is 11.1 Å². The van der Waals surface area contributed by atoms with Crippen LogP contribution in [0.15, 0.2) is 52.1 Å². The molecule has 29 heavy (non-hydrogen) atoms. The van der Waals surface area contributed by atoms with Crippen LogP contribution in [0.1, 0.15) is 12.5 Å². The summed E-state index contributed by atoms with van der Waals surface area (Å²) >= 11 is 1.15. The van der Waals surface area contributed by atoms with Crippen molar-refractivity contribution in [3.05, 3.63) is 48.0 Å². The third-order valence-electron chi connectivity index (χ3n) is 3.97. The van der Waals surface area contributed by atoms with Gasteiger partial charge in [-0.3, -0.25) is 4.79 Å². The maximum absolute atomic E-state index is 12.4. The van der Waals surface area contributed by atoms with Crippen LogP contribution < -0.4 is 14.8 Å². The Morgan fingerprint density at radius 1 is 1.14 bits per heavy atom. The van der Waals surface area contributed by atoms with Crippen LogP contribution >= 0.6 is 11.8 Å². The quantitative estimate of drug-likeness (QED) is 0.587. The maximum Gasteiger partial charge on any atom is 0.277 e. The zero-order valence-corrected chi connectivity index (χ0v) is 16.8. The summed E-state index contributed by atoms with van der Waals surface area (Å²) in [6.45, 7) is 1.74. The molecule has 0 saturated carbocycles. The molecule has 148 valence electrons. The smallest absolute Gasteiger partial charge is 0.277 e. The first-order chi connectivity index (χ1) is 14.0. The molecular formula is C20H18N4O4S. The van der Waals surface area contributed by atoms with Gasteiger partial charge in [0.25, 0.3) is 5.22 Å². The lowest BCUT2D eigenvalue weighted by Gasteiger charge is -2.09. The average Bonchev–Trinajstić information content (AvgIpc) is 3.22. The largest absolute Gasteiger partial charge is 0.493 e. The molecule has 0 fully saturated rings. The second kappa shape index (κ2) is 9.12. The molecule has 0 unspecified atom stereocenters. The van der Waals surface area contributed by atoms with Crippen LogP contribution in [0, 0.1) is 11.3 Å². The summed E-state index contributed by atoms with van der Waals surface area (Å²) in [5, 5.41) is 19.5. The fourth-order valence-corrected chi connectivity index (χ4v) is 3.10. The summed E-state index contributed by atoms with van der Waals surface area (Å²) in [5.41, 5.74) is 1.81. The Bertz CT molecular complexity index is 1040. The van der Waals surface area contributed by atoms with Crippen molar-refractivity contribution in [2.75, 3.05) is 19.5 Å². The van der Waals surface area contributed by atoms with Crippen molar-refractivity contribution in [1.82, 2.24) is 10.2 Å². The van der Waals surface area contributed by atoms with E-state index in [4.69, 9.17) is 19.2 Å². The molecule has 0 aliphatic rings. The molecule has 0 aliphatic carbocycles. The molecule has 0 saturated heterocycles. The van der Waals surface area contributed by atoms with Gasteiger partial charge in [-0.1, -0.05) is 11.8 Å². The average molecular weight is 410 g/mol. The first-order valence-corrected chi connectivity index (χ1v) is 9.45. The second-order valence-corrected chi connectivity index (χ2v) is 7.17. The van der Waals surface area contributed by atoms with Gasteiger partial charge in [-0.05, 0) is 49.4 Å². The SMILES string of the molecule is COc1ccc(-c2nnc(S[C@@H](C)C(=O)Nc3ccc(C#N)cc3)o2)cc1OC. The number of thioether (sulfide) groups is 1. The minimum atomic E-state index is -0.468. The molecule has 9 heteroatoms. The summed E-state index contributed by atoms with van der Waals surface area (Å²) in [6.07, 6.45) is 0. The number of methoxy groups -OCH3 is 2. The molecule has 3 rings (SSSR count). The normalized spacial score (nSPS) is 11.4. The lowest BCUT2D eigenvalue weighted by Crippen LogP contribution is -2.22. The van der Waals surface area contributed by atoms with Crippen molar-refractivity contribution in [2.45, 2.75) is 17.4 Å². The Hall–Kier alpha value is -3.51. The summed E-state index contributed by atoms with van der Waals surface area (Å²) in [5.74, 6) is 1.24. The molecule has 2 aromatic carbocycles. The highest BCUT2D eigenvalue weighted by atomic mass is 32.2. The topological polar surface area (TPSA) is 110 Å². The van der Waals surface area contributed by atoms with Crippen molar-refractivity contribution < 1.29 is 18.7 Å². The van der Waals surface area contributed by atoms with Gasteiger partial charge in [0.2, 0.25) is 11.8 Å². The molecule has 8 nitrogen and oxygen atoms in total. The maximum atomic E-state index is 12.4. The Morgan fingerprint density at radius 2 is 1.86 bits per heavy atom. The fraction of sp³-hybridized carbons (Fsp3) is 0.200. The first kappa shape index (κ1) is 20.2. The number of carbonyl (C=O) groups is 1. The van der Waals surface area contributed by atoms with E-state index in [1.54, 1.807) is 63.6 Å². The molecule has 3 aromatic rings. The number of carbonyl (C=O) groups excluding carboxylic acids is 1. The van der Waals surface area contributed by atoms with Crippen molar-refractivity contribution in [3.63, 3.8) is 0 Å². The summed E-state index contributed by atoms with van der Waals surface area (Å²) < 4.78 is 16.2. The highest BCUT2D eigenvalue weighted by Crippen LogP contribution is 2.33. The molecule has 1 amide bonds. The number of rotatable bonds is 7. The van der Waals surface area contributed by atoms with Gasteiger partial charge in [0, 0.05) is 11.3 Å². The van der Waals surface area contributed by atoms with Gasteiger partial charge in [0.15, 0.2) is 11.5 Å². The van der Waals surface area contributed by atoms with E-state index in [9.17, 15) is 4.79 Å². The number of amides is 1. The van der Waals surface area contributed by atoms with Crippen LogP contribution in [0.3, 0.4) is 0 Å². The van der Waals surface area contributed by atoms with Crippen LogP contribution in [0.25, 0.3) is 11.5 Å². The number of nitrogens with one attached hydrogen (secondary N) is 1. The second-order valence-electron chi connectivity index (χ2n) is 5.88. The minimum Gasteiger partial charge on any atom is -0.493 e. The summed E-state index contributed by atoms with van der Waals surface area (Å²) in [6, 6.07) is 13.9. The zero-order chi connectivity index (χ0) is 20.8. The third kappa shape index (κ3) is 4.86. The summed E-state index contributed by atoms with van der Waals surface area (Å²) in [4.78, 5) is 12.4. The van der Waals surface area contributed by atoms with Crippen molar-refractivity contribution >= 4 is 23.4 Å². The number of anilines is 1. The van der Waals surface area contributed by atoms with E-state index in [1.165, 1.54) is 0 Å². The van der Waals surface area contributed by atoms with Crippen LogP contribution in [0.4, 0.5) is 5.69 Å². The predicted octanol–water partition coefficient (Wildman–Crippen LogP) is 3.74. The van der Waals surface area contributed by atoms with Gasteiger partial charge in [-0.25, -0.2) is 0 Å². The molecule has 0 aliphatic heterocycles. The first-order valence-electron chi connectivity index (χ1n) is 8.57. The highest BCUT2D eigenvalue weighted by molar-refractivity contribution is 8.00. The Balaban J connectivity index is 1.66. The summed E-state index contributed by atoms with van der Waals surface area (Å²) in [7, 11) is 3.11. The molecule has 1 N–H and O–H groups in total. The fourth-order valence-electron chi connectivity index (χ4n) is 2.42. The Labute approximate surface area is 171 Å². The van der Waals surface area contributed by atoms with Crippen LogP contribution in [-0.4, -0.2) is 35.6 Å². The monoisotopic (exact) mass is 410 g/mol. The third-order valence-corrected chi connectivity index (χ3v) is 4.90. The van der Waals surface area contributed by atoms with E-state index in [2.05, 4.69) is 15.5 Å². The van der Waals surface area contributed by atoms with E-state index < -0.39 is 5.25 Å². The molecule has 1 atom stereocenters. The lowest BCUT2D eigenvalue weighted by molar-refractivity contribution is -0.115. The molecule has 1 aromatic heterocycles. The van der Waals surface area contributed by atoms with Gasteiger partial charge in [-0.15, -0.1) is 10.2 Å².